The SMILES string of the molecule is COc1ccc(Cn2c(-c3cccc(C)c3)nc3ncnc(N[C@H](C)C4CCC4)c32)cc1. The lowest BCUT2D eigenvalue weighted by Crippen LogP contribution is -2.31. The van der Waals surface area contributed by atoms with Gasteiger partial charge < -0.3 is 14.6 Å². The Balaban J connectivity index is 1.62. The second kappa shape index (κ2) is 8.61. The number of nitrogens with zero attached hydrogens (tertiary/aromatic N) is 4. The van der Waals surface area contributed by atoms with E-state index in [0.29, 0.717) is 24.2 Å². The van der Waals surface area contributed by atoms with Crippen molar-refractivity contribution in [3.63, 3.8) is 0 Å². The fourth-order valence-corrected chi connectivity index (χ4v) is 4.42. The lowest BCUT2D eigenvalue weighted by molar-refractivity contribution is 0.285. The second-order valence-corrected chi connectivity index (χ2v) is 8.76. The number of aromatic nitrogens is 4. The third-order valence-electron chi connectivity index (χ3n) is 6.54. The molecular formula is C26H29N5O. The zero-order valence-corrected chi connectivity index (χ0v) is 18.9. The van der Waals surface area contributed by atoms with Crippen LogP contribution in [0.3, 0.4) is 0 Å². The standard InChI is InChI=1S/C26H29N5O/c1-17-6-4-9-21(14-17)26-30-25-23(31(26)15-19-10-12-22(32-3)13-11-19)24(27-16-28-25)29-18(2)20-7-5-8-20/h4,6,9-14,16,18,20H,5,7-8,15H2,1-3H3,(H,27,28,29)/t18-/m1/s1. The van der Waals surface area contributed by atoms with Crippen LogP contribution < -0.4 is 10.1 Å². The summed E-state index contributed by atoms with van der Waals surface area (Å²) in [5.74, 6) is 3.31. The van der Waals surface area contributed by atoms with Gasteiger partial charge >= 0.3 is 0 Å². The molecule has 0 spiro atoms. The number of nitrogens with one attached hydrogen (secondary N) is 1. The number of hydrogen-bond donors (Lipinski definition) is 1. The van der Waals surface area contributed by atoms with Crippen LogP contribution in [-0.4, -0.2) is 32.7 Å². The molecule has 1 aliphatic rings. The minimum atomic E-state index is 0.369. The molecule has 1 aliphatic carbocycles. The van der Waals surface area contributed by atoms with Gasteiger partial charge in [-0.15, -0.1) is 0 Å². The molecule has 164 valence electrons. The van der Waals surface area contributed by atoms with Crippen LogP contribution in [0.5, 0.6) is 5.75 Å². The first-order chi connectivity index (χ1) is 15.6. The predicted octanol–water partition coefficient (Wildman–Crippen LogP) is 5.46. The van der Waals surface area contributed by atoms with E-state index < -0.39 is 0 Å². The summed E-state index contributed by atoms with van der Waals surface area (Å²) in [7, 11) is 1.69. The first-order valence-electron chi connectivity index (χ1n) is 11.3. The first-order valence-corrected chi connectivity index (χ1v) is 11.3. The van der Waals surface area contributed by atoms with Crippen molar-refractivity contribution in [1.29, 1.82) is 0 Å². The number of imidazole rings is 1. The van der Waals surface area contributed by atoms with E-state index in [1.807, 2.05) is 12.1 Å². The van der Waals surface area contributed by atoms with Gasteiger partial charge in [-0.2, -0.15) is 0 Å². The van der Waals surface area contributed by atoms with Crippen LogP contribution in [0.4, 0.5) is 5.82 Å². The maximum atomic E-state index is 5.33. The highest BCUT2D eigenvalue weighted by atomic mass is 16.5. The van der Waals surface area contributed by atoms with Crippen molar-refractivity contribution < 1.29 is 4.74 Å². The van der Waals surface area contributed by atoms with E-state index in [4.69, 9.17) is 9.72 Å². The van der Waals surface area contributed by atoms with Crippen LogP contribution in [0.25, 0.3) is 22.6 Å². The minimum absolute atomic E-state index is 0.369. The summed E-state index contributed by atoms with van der Waals surface area (Å²) in [6.45, 7) is 5.03. The van der Waals surface area contributed by atoms with E-state index in [2.05, 4.69) is 70.1 Å². The molecule has 0 bridgehead atoms. The number of anilines is 1. The molecule has 2 aromatic heterocycles. The molecule has 2 heterocycles. The third kappa shape index (κ3) is 3.93. The molecule has 1 atom stereocenters. The third-order valence-corrected chi connectivity index (χ3v) is 6.54. The molecule has 6 nitrogen and oxygen atoms in total. The molecule has 0 saturated heterocycles. The molecule has 0 amide bonds. The first kappa shape index (κ1) is 20.5. The molecule has 6 heteroatoms. The fourth-order valence-electron chi connectivity index (χ4n) is 4.42. The Hall–Kier alpha value is -3.41. The predicted molar refractivity (Wildman–Crippen MR) is 128 cm³/mol. The number of hydrogen-bond acceptors (Lipinski definition) is 5. The van der Waals surface area contributed by atoms with E-state index in [-0.39, 0.29) is 0 Å². The smallest absolute Gasteiger partial charge is 0.183 e. The summed E-state index contributed by atoms with van der Waals surface area (Å²) < 4.78 is 7.57. The summed E-state index contributed by atoms with van der Waals surface area (Å²) in [6.07, 6.45) is 5.50. The topological polar surface area (TPSA) is 64.9 Å². The van der Waals surface area contributed by atoms with E-state index >= 15 is 0 Å². The van der Waals surface area contributed by atoms with Gasteiger partial charge in [0.25, 0.3) is 0 Å². The van der Waals surface area contributed by atoms with Crippen LogP contribution in [0.1, 0.15) is 37.3 Å². The van der Waals surface area contributed by atoms with Crippen molar-refractivity contribution >= 4 is 17.0 Å². The summed E-state index contributed by atoms with van der Waals surface area (Å²) in [5, 5.41) is 3.68. The molecule has 1 N–H and O–H groups in total. The summed E-state index contributed by atoms with van der Waals surface area (Å²) >= 11 is 0. The summed E-state index contributed by atoms with van der Waals surface area (Å²) in [5.41, 5.74) is 5.11. The molecule has 5 rings (SSSR count). The van der Waals surface area contributed by atoms with Crippen LogP contribution in [0.15, 0.2) is 54.9 Å². The van der Waals surface area contributed by atoms with Crippen LogP contribution in [-0.2, 0) is 6.54 Å². The van der Waals surface area contributed by atoms with Crippen LogP contribution >= 0.6 is 0 Å². The number of methoxy groups -OCH3 is 1. The molecule has 4 aromatic rings. The van der Waals surface area contributed by atoms with Gasteiger partial charge in [0.05, 0.1) is 7.11 Å². The van der Waals surface area contributed by atoms with Gasteiger partial charge in [-0.05, 0) is 56.4 Å². The van der Waals surface area contributed by atoms with Gasteiger partial charge in [-0.3, -0.25) is 0 Å². The van der Waals surface area contributed by atoms with Crippen LogP contribution in [0.2, 0.25) is 0 Å². The lowest BCUT2D eigenvalue weighted by Gasteiger charge is -2.32. The Morgan fingerprint density at radius 3 is 2.62 bits per heavy atom. The highest BCUT2D eigenvalue weighted by Gasteiger charge is 2.26. The Bertz CT molecular complexity index is 1230. The molecular weight excluding hydrogens is 398 g/mol. The molecule has 1 fully saturated rings. The summed E-state index contributed by atoms with van der Waals surface area (Å²) in [6, 6.07) is 17.0. The second-order valence-electron chi connectivity index (χ2n) is 8.76. The van der Waals surface area contributed by atoms with Gasteiger partial charge in [0, 0.05) is 18.2 Å². The maximum Gasteiger partial charge on any atom is 0.183 e. The largest absolute Gasteiger partial charge is 0.497 e. The van der Waals surface area contributed by atoms with Gasteiger partial charge in [0.15, 0.2) is 11.5 Å². The number of fused-ring (bicyclic) bond motifs is 1. The Morgan fingerprint density at radius 2 is 1.94 bits per heavy atom. The van der Waals surface area contributed by atoms with E-state index in [0.717, 1.165) is 28.5 Å². The molecule has 0 aliphatic heterocycles. The normalized spacial score (nSPS) is 14.8. The van der Waals surface area contributed by atoms with Gasteiger partial charge in [-0.25, -0.2) is 15.0 Å². The highest BCUT2D eigenvalue weighted by Crippen LogP contribution is 2.33. The Morgan fingerprint density at radius 1 is 1.12 bits per heavy atom. The average Bonchev–Trinajstić information content (AvgIpc) is 3.12. The number of ether oxygens (including phenoxy) is 1. The molecule has 0 radical (unpaired) electrons. The number of benzene rings is 2. The zero-order valence-electron chi connectivity index (χ0n) is 18.9. The monoisotopic (exact) mass is 427 g/mol. The van der Waals surface area contributed by atoms with Gasteiger partial charge in [0.1, 0.15) is 23.4 Å². The molecule has 2 aromatic carbocycles. The lowest BCUT2D eigenvalue weighted by atomic mass is 9.80. The Labute approximate surface area is 188 Å². The molecule has 0 unspecified atom stereocenters. The van der Waals surface area contributed by atoms with Crippen LogP contribution in [0, 0.1) is 12.8 Å². The van der Waals surface area contributed by atoms with E-state index in [1.165, 1.54) is 30.4 Å². The van der Waals surface area contributed by atoms with Crippen molar-refractivity contribution in [2.24, 2.45) is 5.92 Å². The molecule has 32 heavy (non-hydrogen) atoms. The zero-order chi connectivity index (χ0) is 22.1. The fraction of sp³-hybridized carbons (Fsp3) is 0.346. The Kier molecular flexibility index (Phi) is 5.52. The van der Waals surface area contributed by atoms with Crippen molar-refractivity contribution in [2.75, 3.05) is 12.4 Å². The number of aryl methyl sites for hydroxylation is 1. The van der Waals surface area contributed by atoms with Crippen molar-refractivity contribution in [2.45, 2.75) is 45.7 Å². The minimum Gasteiger partial charge on any atom is -0.497 e. The average molecular weight is 428 g/mol. The van der Waals surface area contributed by atoms with Gasteiger partial charge in [-0.1, -0.05) is 42.3 Å². The molecule has 1 saturated carbocycles. The van der Waals surface area contributed by atoms with Crippen molar-refractivity contribution in [1.82, 2.24) is 19.5 Å². The highest BCUT2D eigenvalue weighted by molar-refractivity contribution is 5.87. The van der Waals surface area contributed by atoms with Crippen molar-refractivity contribution in [3.05, 3.63) is 66.0 Å². The van der Waals surface area contributed by atoms with Gasteiger partial charge in [0.2, 0.25) is 0 Å². The van der Waals surface area contributed by atoms with E-state index in [9.17, 15) is 0 Å². The van der Waals surface area contributed by atoms with Crippen molar-refractivity contribution in [3.8, 4) is 17.1 Å². The maximum absolute atomic E-state index is 5.33. The van der Waals surface area contributed by atoms with E-state index in [1.54, 1.807) is 13.4 Å². The quantitative estimate of drug-likeness (QED) is 0.424. The summed E-state index contributed by atoms with van der Waals surface area (Å²) in [4.78, 5) is 14.1. The number of rotatable bonds is 7.